The third kappa shape index (κ3) is 5.38. The number of methoxy groups -OCH3 is 1. The van der Waals surface area contributed by atoms with Crippen LogP contribution in [0.1, 0.15) is 38.5 Å². The van der Waals surface area contributed by atoms with Crippen LogP contribution >= 0.6 is 0 Å². The van der Waals surface area contributed by atoms with Crippen LogP contribution in [0.2, 0.25) is 0 Å². The zero-order chi connectivity index (χ0) is 14.9. The fraction of sp³-hybridized carbons (Fsp3) is 0.588. The molecule has 2 rings (SSSR count). The summed E-state index contributed by atoms with van der Waals surface area (Å²) >= 11 is 0. The van der Waals surface area contributed by atoms with Gasteiger partial charge in [-0.05, 0) is 31.0 Å². The lowest BCUT2D eigenvalue weighted by Crippen LogP contribution is -2.30. The zero-order valence-corrected chi connectivity index (χ0v) is 12.9. The number of nitrogens with one attached hydrogen (secondary N) is 2. The number of carbonyl (C=O) groups is 1. The Morgan fingerprint density at radius 2 is 2.00 bits per heavy atom. The summed E-state index contributed by atoms with van der Waals surface area (Å²) in [6.07, 6.45) is 8.04. The molecule has 1 aliphatic carbocycles. The minimum atomic E-state index is -0.0249. The van der Waals surface area contributed by atoms with Crippen LogP contribution in [0.4, 0.5) is 5.69 Å². The largest absolute Gasteiger partial charge is 0.495 e. The molecule has 1 aliphatic rings. The van der Waals surface area contributed by atoms with Gasteiger partial charge in [0.05, 0.1) is 19.3 Å². The van der Waals surface area contributed by atoms with Crippen molar-refractivity contribution in [3.05, 3.63) is 24.3 Å². The minimum Gasteiger partial charge on any atom is -0.495 e. The van der Waals surface area contributed by atoms with Gasteiger partial charge in [0, 0.05) is 0 Å². The standard InChI is InChI=1S/C17H26N2O2/c1-21-16-10-6-5-9-15(16)19-17(20)13-18-12-11-14-7-3-2-4-8-14/h5-6,9-10,14,18H,2-4,7-8,11-13H2,1H3,(H,19,20). The second-order valence-corrected chi connectivity index (χ2v) is 5.72. The molecule has 4 nitrogen and oxygen atoms in total. The van der Waals surface area contributed by atoms with E-state index in [9.17, 15) is 4.79 Å². The van der Waals surface area contributed by atoms with Crippen LogP contribution in [0.3, 0.4) is 0 Å². The van der Waals surface area contributed by atoms with Crippen molar-refractivity contribution in [2.45, 2.75) is 38.5 Å². The first-order chi connectivity index (χ1) is 10.3. The predicted molar refractivity (Wildman–Crippen MR) is 85.7 cm³/mol. The van der Waals surface area contributed by atoms with E-state index in [1.54, 1.807) is 7.11 Å². The first-order valence-electron chi connectivity index (χ1n) is 7.93. The van der Waals surface area contributed by atoms with E-state index in [1.165, 1.54) is 38.5 Å². The van der Waals surface area contributed by atoms with Crippen LogP contribution in [0.25, 0.3) is 0 Å². The quantitative estimate of drug-likeness (QED) is 0.758. The molecule has 0 radical (unpaired) electrons. The summed E-state index contributed by atoms with van der Waals surface area (Å²) in [5, 5.41) is 6.11. The fourth-order valence-electron chi connectivity index (χ4n) is 2.93. The highest BCUT2D eigenvalue weighted by Crippen LogP contribution is 2.25. The molecule has 0 aromatic heterocycles. The summed E-state index contributed by atoms with van der Waals surface area (Å²) in [6, 6.07) is 7.45. The van der Waals surface area contributed by atoms with Gasteiger partial charge in [0.25, 0.3) is 0 Å². The van der Waals surface area contributed by atoms with Crippen molar-refractivity contribution in [3.8, 4) is 5.75 Å². The lowest BCUT2D eigenvalue weighted by molar-refractivity contribution is -0.115. The monoisotopic (exact) mass is 290 g/mol. The van der Waals surface area contributed by atoms with Gasteiger partial charge in [-0.15, -0.1) is 0 Å². The average Bonchev–Trinajstić information content (AvgIpc) is 2.53. The summed E-state index contributed by atoms with van der Waals surface area (Å²) in [4.78, 5) is 11.9. The predicted octanol–water partition coefficient (Wildman–Crippen LogP) is 3.19. The number of ether oxygens (including phenoxy) is 1. The first kappa shape index (κ1) is 15.8. The van der Waals surface area contributed by atoms with Crippen LogP contribution in [0.5, 0.6) is 5.75 Å². The van der Waals surface area contributed by atoms with Crippen molar-refractivity contribution < 1.29 is 9.53 Å². The third-order valence-corrected chi connectivity index (χ3v) is 4.12. The molecule has 116 valence electrons. The molecule has 2 N–H and O–H groups in total. The number of hydrogen-bond acceptors (Lipinski definition) is 3. The van der Waals surface area contributed by atoms with Gasteiger partial charge in [-0.2, -0.15) is 0 Å². The normalized spacial score (nSPS) is 15.7. The van der Waals surface area contributed by atoms with Crippen molar-refractivity contribution in [1.82, 2.24) is 5.32 Å². The molecule has 1 fully saturated rings. The smallest absolute Gasteiger partial charge is 0.238 e. The Morgan fingerprint density at radius 3 is 2.76 bits per heavy atom. The van der Waals surface area contributed by atoms with Crippen molar-refractivity contribution in [2.24, 2.45) is 5.92 Å². The van der Waals surface area contributed by atoms with Crippen molar-refractivity contribution in [1.29, 1.82) is 0 Å². The molecule has 1 aromatic carbocycles. The van der Waals surface area contributed by atoms with Gasteiger partial charge in [-0.3, -0.25) is 4.79 Å². The molecule has 1 amide bonds. The summed E-state index contributed by atoms with van der Waals surface area (Å²) in [6.45, 7) is 1.27. The molecule has 0 bridgehead atoms. The van der Waals surface area contributed by atoms with Crippen LogP contribution in [0.15, 0.2) is 24.3 Å². The number of amides is 1. The molecule has 4 heteroatoms. The average molecular weight is 290 g/mol. The Kier molecular flexibility index (Phi) is 6.54. The van der Waals surface area contributed by atoms with E-state index >= 15 is 0 Å². The van der Waals surface area contributed by atoms with Crippen LogP contribution < -0.4 is 15.4 Å². The van der Waals surface area contributed by atoms with Gasteiger partial charge >= 0.3 is 0 Å². The maximum Gasteiger partial charge on any atom is 0.238 e. The number of hydrogen-bond donors (Lipinski definition) is 2. The van der Waals surface area contributed by atoms with Crippen molar-refractivity contribution in [2.75, 3.05) is 25.5 Å². The molecule has 0 unspecified atom stereocenters. The molecular formula is C17H26N2O2. The van der Waals surface area contributed by atoms with Crippen molar-refractivity contribution in [3.63, 3.8) is 0 Å². The number of benzene rings is 1. The van der Waals surface area contributed by atoms with E-state index in [1.807, 2.05) is 24.3 Å². The molecule has 21 heavy (non-hydrogen) atoms. The summed E-state index contributed by atoms with van der Waals surface area (Å²) in [5.41, 5.74) is 0.721. The van der Waals surface area contributed by atoms with Gasteiger partial charge in [0.15, 0.2) is 0 Å². The van der Waals surface area contributed by atoms with Gasteiger partial charge < -0.3 is 15.4 Å². The molecule has 1 saturated carbocycles. The highest BCUT2D eigenvalue weighted by Gasteiger charge is 2.13. The van der Waals surface area contributed by atoms with Crippen LogP contribution in [0, 0.1) is 5.92 Å². The van der Waals surface area contributed by atoms with Crippen LogP contribution in [-0.2, 0) is 4.79 Å². The topological polar surface area (TPSA) is 50.4 Å². The number of rotatable bonds is 7. The maximum absolute atomic E-state index is 11.9. The second kappa shape index (κ2) is 8.67. The van der Waals surface area contributed by atoms with E-state index in [4.69, 9.17) is 4.74 Å². The van der Waals surface area contributed by atoms with E-state index in [0.717, 1.165) is 18.2 Å². The molecule has 0 spiro atoms. The Bertz CT molecular complexity index is 442. The number of para-hydroxylation sites is 2. The number of carbonyl (C=O) groups excluding carboxylic acids is 1. The molecule has 0 atom stereocenters. The molecule has 0 heterocycles. The van der Waals surface area contributed by atoms with E-state index in [0.29, 0.717) is 12.3 Å². The zero-order valence-electron chi connectivity index (χ0n) is 12.9. The second-order valence-electron chi connectivity index (χ2n) is 5.72. The lowest BCUT2D eigenvalue weighted by Gasteiger charge is -2.21. The van der Waals surface area contributed by atoms with Gasteiger partial charge in [-0.1, -0.05) is 44.2 Å². The van der Waals surface area contributed by atoms with E-state index < -0.39 is 0 Å². The molecular weight excluding hydrogens is 264 g/mol. The summed E-state index contributed by atoms with van der Waals surface area (Å²) in [5.74, 6) is 1.51. The molecule has 0 aliphatic heterocycles. The molecule has 0 saturated heterocycles. The Balaban J connectivity index is 1.65. The number of anilines is 1. The first-order valence-corrected chi connectivity index (χ1v) is 7.93. The summed E-state index contributed by atoms with van der Waals surface area (Å²) in [7, 11) is 1.60. The Morgan fingerprint density at radius 1 is 1.24 bits per heavy atom. The SMILES string of the molecule is COc1ccccc1NC(=O)CNCCC1CCCCC1. The van der Waals surface area contributed by atoms with Gasteiger partial charge in [0.2, 0.25) is 5.91 Å². The highest BCUT2D eigenvalue weighted by atomic mass is 16.5. The third-order valence-electron chi connectivity index (χ3n) is 4.12. The van der Waals surface area contributed by atoms with E-state index in [2.05, 4.69) is 10.6 Å². The summed E-state index contributed by atoms with van der Waals surface area (Å²) < 4.78 is 5.22. The minimum absolute atomic E-state index is 0.0249. The maximum atomic E-state index is 11.9. The lowest BCUT2D eigenvalue weighted by atomic mass is 9.87. The van der Waals surface area contributed by atoms with Crippen molar-refractivity contribution >= 4 is 11.6 Å². The highest BCUT2D eigenvalue weighted by molar-refractivity contribution is 5.93. The Labute approximate surface area is 127 Å². The Hall–Kier alpha value is -1.55. The fourth-order valence-corrected chi connectivity index (χ4v) is 2.93. The van der Waals surface area contributed by atoms with Gasteiger partial charge in [0.1, 0.15) is 5.75 Å². The van der Waals surface area contributed by atoms with E-state index in [-0.39, 0.29) is 5.91 Å². The van der Waals surface area contributed by atoms with Gasteiger partial charge in [-0.25, -0.2) is 0 Å². The van der Waals surface area contributed by atoms with Crippen LogP contribution in [-0.4, -0.2) is 26.1 Å². The molecule has 1 aromatic rings.